The molecule has 2 saturated heterocycles. The Morgan fingerprint density at radius 1 is 1.11 bits per heavy atom. The van der Waals surface area contributed by atoms with Gasteiger partial charge in [-0.3, -0.25) is 0 Å². The highest BCUT2D eigenvalue weighted by molar-refractivity contribution is 5.57. The van der Waals surface area contributed by atoms with Gasteiger partial charge in [0.2, 0.25) is 0 Å². The summed E-state index contributed by atoms with van der Waals surface area (Å²) in [6.07, 6.45) is -3.16. The van der Waals surface area contributed by atoms with E-state index in [1.54, 1.807) is 27.7 Å². The Hall–Kier alpha value is -0.890. The lowest BCUT2D eigenvalue weighted by Gasteiger charge is -2.27. The molecule has 0 aromatic heterocycles. The number of rotatable bonds is 3. The molecule has 0 bridgehead atoms. The van der Waals surface area contributed by atoms with Gasteiger partial charge in [0.25, 0.3) is 0 Å². The van der Waals surface area contributed by atoms with E-state index in [-0.39, 0.29) is 13.2 Å². The number of hydrogen-bond acceptors (Lipinski definition) is 6. The van der Waals surface area contributed by atoms with Crippen molar-refractivity contribution >= 4 is 6.16 Å². The molecule has 2 unspecified atom stereocenters. The van der Waals surface area contributed by atoms with Crippen molar-refractivity contribution < 1.29 is 33.6 Å². The van der Waals surface area contributed by atoms with Crippen molar-refractivity contribution in [1.82, 2.24) is 0 Å². The summed E-state index contributed by atoms with van der Waals surface area (Å²) in [5, 5.41) is 8.85. The zero-order valence-corrected chi connectivity index (χ0v) is 11.5. The second kappa shape index (κ2) is 4.90. The van der Waals surface area contributed by atoms with Crippen molar-refractivity contribution in [2.24, 2.45) is 0 Å². The highest BCUT2D eigenvalue weighted by Crippen LogP contribution is 2.32. The number of hydrogen-bond donors (Lipinski definition) is 1. The van der Waals surface area contributed by atoms with Crippen molar-refractivity contribution in [2.45, 2.75) is 57.6 Å². The van der Waals surface area contributed by atoms with Gasteiger partial charge in [-0.15, -0.1) is 0 Å². The molecule has 1 N–H and O–H groups in total. The maximum absolute atomic E-state index is 10.8. The van der Waals surface area contributed by atoms with Crippen molar-refractivity contribution in [1.29, 1.82) is 0 Å². The largest absolute Gasteiger partial charge is 0.506 e. The Morgan fingerprint density at radius 2 is 1.53 bits per heavy atom. The monoisotopic (exact) mass is 276 g/mol. The molecule has 0 saturated carbocycles. The van der Waals surface area contributed by atoms with Crippen LogP contribution in [0.25, 0.3) is 0 Å². The average Bonchev–Trinajstić information content (AvgIpc) is 2.77. The molecule has 2 rings (SSSR count). The van der Waals surface area contributed by atoms with Crippen LogP contribution in [0.1, 0.15) is 27.7 Å². The van der Waals surface area contributed by atoms with Gasteiger partial charge in [-0.25, -0.2) is 4.79 Å². The van der Waals surface area contributed by atoms with E-state index in [0.717, 1.165) is 0 Å². The summed E-state index contributed by atoms with van der Waals surface area (Å²) in [6, 6.07) is 0. The van der Waals surface area contributed by atoms with Crippen LogP contribution in [-0.4, -0.2) is 54.4 Å². The number of carbonyl (C=O) groups is 1. The van der Waals surface area contributed by atoms with E-state index in [9.17, 15) is 4.79 Å². The molecule has 110 valence electrons. The van der Waals surface area contributed by atoms with Crippen LogP contribution in [-0.2, 0) is 23.7 Å². The lowest BCUT2D eigenvalue weighted by atomic mass is 10.1. The molecule has 2 aliphatic heterocycles. The highest BCUT2D eigenvalue weighted by atomic mass is 16.8. The van der Waals surface area contributed by atoms with E-state index in [1.165, 1.54) is 0 Å². The molecular weight excluding hydrogens is 256 g/mol. The maximum Gasteiger partial charge on any atom is 0.506 e. The van der Waals surface area contributed by atoms with E-state index in [1.807, 2.05) is 0 Å². The summed E-state index contributed by atoms with van der Waals surface area (Å²) < 4.78 is 27.1. The van der Waals surface area contributed by atoms with Gasteiger partial charge in [0, 0.05) is 0 Å². The van der Waals surface area contributed by atoms with Gasteiger partial charge in [-0.05, 0) is 27.7 Å². The predicted molar refractivity (Wildman–Crippen MR) is 62.7 cm³/mol. The Kier molecular flexibility index (Phi) is 3.74. The minimum Gasteiger partial charge on any atom is -0.450 e. The van der Waals surface area contributed by atoms with Crippen molar-refractivity contribution in [3.63, 3.8) is 0 Å². The second-order valence-corrected chi connectivity index (χ2v) is 5.58. The van der Waals surface area contributed by atoms with Crippen molar-refractivity contribution in [2.75, 3.05) is 13.2 Å². The third-order valence-corrected chi connectivity index (χ3v) is 3.03. The maximum atomic E-state index is 10.8. The fraction of sp³-hybridized carbons (Fsp3) is 0.917. The first kappa shape index (κ1) is 14.5. The van der Waals surface area contributed by atoms with Gasteiger partial charge in [0.15, 0.2) is 17.7 Å². The Balaban J connectivity index is 2.07. The van der Waals surface area contributed by atoms with E-state index >= 15 is 0 Å². The highest BCUT2D eigenvalue weighted by Gasteiger charge is 2.47. The van der Waals surface area contributed by atoms with Crippen LogP contribution in [0.4, 0.5) is 4.79 Å². The molecule has 2 fully saturated rings. The first-order chi connectivity index (χ1) is 8.69. The molecule has 0 amide bonds. The smallest absolute Gasteiger partial charge is 0.450 e. The first-order valence-electron chi connectivity index (χ1n) is 6.22. The Morgan fingerprint density at radius 3 is 1.79 bits per heavy atom. The van der Waals surface area contributed by atoms with Crippen LogP contribution < -0.4 is 0 Å². The molecular formula is C12H20O7. The summed E-state index contributed by atoms with van der Waals surface area (Å²) in [5.74, 6) is -1.50. The topological polar surface area (TPSA) is 83.5 Å². The minimum atomic E-state index is -1.37. The summed E-state index contributed by atoms with van der Waals surface area (Å²) >= 11 is 0. The first-order valence-corrected chi connectivity index (χ1v) is 6.22. The van der Waals surface area contributed by atoms with Gasteiger partial charge < -0.3 is 28.8 Å². The third-order valence-electron chi connectivity index (χ3n) is 3.03. The van der Waals surface area contributed by atoms with E-state index < -0.39 is 36.0 Å². The van der Waals surface area contributed by atoms with E-state index in [2.05, 4.69) is 0 Å². The standard InChI is InChI=1S/C12H20O7/c1-11(2)15-5-7(18-11)9(17-10(13)14)8-6-16-12(3,4)19-8/h7-9H,5-6H2,1-4H3,(H,13,14). The quantitative estimate of drug-likeness (QED) is 0.779. The summed E-state index contributed by atoms with van der Waals surface area (Å²) in [7, 11) is 0. The fourth-order valence-corrected chi connectivity index (χ4v) is 2.26. The fourth-order valence-electron chi connectivity index (χ4n) is 2.26. The Bertz CT molecular complexity index is 326. The Labute approximate surface area is 111 Å². The van der Waals surface area contributed by atoms with Crippen LogP contribution in [0.15, 0.2) is 0 Å². The normalized spacial score (nSPS) is 34.1. The summed E-state index contributed by atoms with van der Waals surface area (Å²) in [4.78, 5) is 10.8. The van der Waals surface area contributed by atoms with Gasteiger partial charge >= 0.3 is 6.16 Å². The van der Waals surface area contributed by atoms with Crippen LogP contribution in [0, 0.1) is 0 Å². The van der Waals surface area contributed by atoms with Gasteiger partial charge in [0.05, 0.1) is 13.2 Å². The minimum absolute atomic E-state index is 0.255. The molecule has 0 aromatic carbocycles. The molecule has 0 aromatic rings. The SMILES string of the molecule is CC1(C)OCC(C(OC(=O)O)C2COC(C)(C)O2)O1. The zero-order chi connectivity index (χ0) is 14.3. The molecule has 19 heavy (non-hydrogen) atoms. The molecule has 0 aliphatic carbocycles. The number of ether oxygens (including phenoxy) is 5. The molecule has 0 spiro atoms. The second-order valence-electron chi connectivity index (χ2n) is 5.58. The zero-order valence-electron chi connectivity index (χ0n) is 11.5. The van der Waals surface area contributed by atoms with Gasteiger partial charge in [-0.1, -0.05) is 0 Å². The summed E-state index contributed by atoms with van der Waals surface area (Å²) in [5.41, 5.74) is 0. The lowest BCUT2D eigenvalue weighted by Crippen LogP contribution is -2.44. The molecule has 2 heterocycles. The van der Waals surface area contributed by atoms with E-state index in [4.69, 9.17) is 28.8 Å². The summed E-state index contributed by atoms with van der Waals surface area (Å²) in [6.45, 7) is 7.57. The molecule has 7 nitrogen and oxygen atoms in total. The van der Waals surface area contributed by atoms with Gasteiger partial charge in [0.1, 0.15) is 12.2 Å². The van der Waals surface area contributed by atoms with Crippen molar-refractivity contribution in [3.8, 4) is 0 Å². The van der Waals surface area contributed by atoms with Crippen LogP contribution in [0.3, 0.4) is 0 Å². The molecule has 2 atom stereocenters. The molecule has 2 aliphatic rings. The molecule has 0 radical (unpaired) electrons. The van der Waals surface area contributed by atoms with Crippen LogP contribution in [0.5, 0.6) is 0 Å². The number of carboxylic acid groups (broad SMARTS) is 1. The predicted octanol–water partition coefficient (Wildman–Crippen LogP) is 1.35. The van der Waals surface area contributed by atoms with Gasteiger partial charge in [-0.2, -0.15) is 0 Å². The van der Waals surface area contributed by atoms with Crippen molar-refractivity contribution in [3.05, 3.63) is 0 Å². The van der Waals surface area contributed by atoms with Crippen LogP contribution in [0.2, 0.25) is 0 Å². The third kappa shape index (κ3) is 3.56. The van der Waals surface area contributed by atoms with E-state index in [0.29, 0.717) is 0 Å². The average molecular weight is 276 g/mol. The lowest BCUT2D eigenvalue weighted by molar-refractivity contribution is -0.181. The molecule has 7 heteroatoms. The van der Waals surface area contributed by atoms with Crippen LogP contribution >= 0.6 is 0 Å².